The monoisotopic (exact) mass is 299 g/mol. The summed E-state index contributed by atoms with van der Waals surface area (Å²) in [5.74, 6) is 1.22. The first-order chi connectivity index (χ1) is 10.7. The summed E-state index contributed by atoms with van der Waals surface area (Å²) in [6, 6.07) is 7.76. The van der Waals surface area contributed by atoms with E-state index < -0.39 is 4.92 Å². The minimum atomic E-state index is -0.465. The Hall–Kier alpha value is -3.03. The van der Waals surface area contributed by atoms with E-state index in [-0.39, 0.29) is 5.69 Å². The molecule has 0 saturated carbocycles. The Morgan fingerprint density at radius 1 is 1.36 bits per heavy atom. The SMILES string of the molecule is CCCc1cc(Oc2cccc([N+](=O)[O-])c2)n2ncnc2n1. The number of hydrogen-bond acceptors (Lipinski definition) is 6. The molecular formula is C14H13N5O3. The number of aromatic nitrogens is 4. The molecule has 0 fully saturated rings. The summed E-state index contributed by atoms with van der Waals surface area (Å²) in [4.78, 5) is 18.8. The number of ether oxygens (including phenoxy) is 1. The minimum absolute atomic E-state index is 0.0322. The van der Waals surface area contributed by atoms with Gasteiger partial charge in [0.1, 0.15) is 12.1 Å². The molecule has 0 aliphatic rings. The lowest BCUT2D eigenvalue weighted by Crippen LogP contribution is -2.01. The smallest absolute Gasteiger partial charge is 0.273 e. The Morgan fingerprint density at radius 3 is 3.00 bits per heavy atom. The fraction of sp³-hybridized carbons (Fsp3) is 0.214. The van der Waals surface area contributed by atoms with Crippen molar-refractivity contribution in [2.45, 2.75) is 19.8 Å². The third kappa shape index (κ3) is 2.71. The van der Waals surface area contributed by atoms with Gasteiger partial charge in [-0.25, -0.2) is 4.98 Å². The van der Waals surface area contributed by atoms with E-state index in [1.807, 2.05) is 0 Å². The van der Waals surface area contributed by atoms with Crippen molar-refractivity contribution in [2.24, 2.45) is 0 Å². The third-order valence-corrected chi connectivity index (χ3v) is 3.03. The Balaban J connectivity index is 2.00. The Bertz CT molecular complexity index is 830. The van der Waals surface area contributed by atoms with E-state index in [2.05, 4.69) is 22.0 Å². The molecule has 0 radical (unpaired) electrons. The summed E-state index contributed by atoms with van der Waals surface area (Å²) >= 11 is 0. The first-order valence-electron chi connectivity index (χ1n) is 6.79. The molecule has 3 rings (SSSR count). The zero-order valence-corrected chi connectivity index (χ0v) is 11.8. The molecule has 0 N–H and O–H groups in total. The highest BCUT2D eigenvalue weighted by atomic mass is 16.6. The van der Waals surface area contributed by atoms with Gasteiger partial charge in [0.25, 0.3) is 11.5 Å². The van der Waals surface area contributed by atoms with Gasteiger partial charge in [0.05, 0.1) is 11.0 Å². The molecule has 2 heterocycles. The van der Waals surface area contributed by atoms with Crippen LogP contribution in [0.4, 0.5) is 5.69 Å². The lowest BCUT2D eigenvalue weighted by atomic mass is 10.2. The fourth-order valence-electron chi connectivity index (χ4n) is 2.07. The summed E-state index contributed by atoms with van der Waals surface area (Å²) in [5.41, 5.74) is 0.804. The minimum Gasteiger partial charge on any atom is -0.439 e. The van der Waals surface area contributed by atoms with Crippen molar-refractivity contribution in [2.75, 3.05) is 0 Å². The molecule has 0 unspecified atom stereocenters. The molecule has 22 heavy (non-hydrogen) atoms. The standard InChI is InChI=1S/C14H13N5O3/c1-2-4-10-7-13(18-14(17-10)15-9-16-18)22-12-6-3-5-11(8-12)19(20)21/h3,5-9H,2,4H2,1H3. The Labute approximate surface area is 125 Å². The number of nitrogens with zero attached hydrogens (tertiary/aromatic N) is 5. The van der Waals surface area contributed by atoms with Crippen LogP contribution < -0.4 is 4.74 Å². The van der Waals surface area contributed by atoms with Crippen LogP contribution in [0.5, 0.6) is 11.6 Å². The first-order valence-corrected chi connectivity index (χ1v) is 6.79. The second kappa shape index (κ2) is 5.76. The van der Waals surface area contributed by atoms with Crippen LogP contribution in [0.15, 0.2) is 36.7 Å². The number of rotatable bonds is 5. The molecule has 0 amide bonds. The molecule has 1 aromatic carbocycles. The molecule has 0 bridgehead atoms. The van der Waals surface area contributed by atoms with Gasteiger partial charge in [-0.3, -0.25) is 10.1 Å². The van der Waals surface area contributed by atoms with Gasteiger partial charge in [-0.05, 0) is 12.5 Å². The van der Waals surface area contributed by atoms with E-state index in [0.717, 1.165) is 18.5 Å². The fourth-order valence-corrected chi connectivity index (χ4v) is 2.07. The molecule has 8 nitrogen and oxygen atoms in total. The normalized spacial score (nSPS) is 10.8. The van der Waals surface area contributed by atoms with Gasteiger partial charge in [-0.1, -0.05) is 19.4 Å². The second-order valence-electron chi connectivity index (χ2n) is 4.66. The molecule has 112 valence electrons. The Kier molecular flexibility index (Phi) is 3.65. The summed E-state index contributed by atoms with van der Waals surface area (Å²) in [6.07, 6.45) is 3.11. The molecular weight excluding hydrogens is 286 g/mol. The molecule has 0 aliphatic heterocycles. The molecule has 0 spiro atoms. The number of hydrogen-bond donors (Lipinski definition) is 0. The van der Waals surface area contributed by atoms with Gasteiger partial charge in [0.2, 0.25) is 5.88 Å². The zero-order chi connectivity index (χ0) is 15.5. The van der Waals surface area contributed by atoms with Gasteiger partial charge in [0, 0.05) is 17.8 Å². The number of fused-ring (bicyclic) bond motifs is 1. The number of nitro groups is 1. The summed E-state index contributed by atoms with van der Waals surface area (Å²) in [5, 5.41) is 14.9. The first kappa shape index (κ1) is 13.9. The number of benzene rings is 1. The molecule has 0 aliphatic carbocycles. The van der Waals surface area contributed by atoms with E-state index in [1.165, 1.54) is 23.0 Å². The van der Waals surface area contributed by atoms with Crippen LogP contribution in [0.2, 0.25) is 0 Å². The maximum absolute atomic E-state index is 10.8. The average Bonchev–Trinajstić information content (AvgIpc) is 2.96. The largest absolute Gasteiger partial charge is 0.439 e. The zero-order valence-electron chi connectivity index (χ0n) is 11.8. The van der Waals surface area contributed by atoms with Crippen molar-refractivity contribution in [3.8, 4) is 11.6 Å². The Morgan fingerprint density at radius 2 is 2.23 bits per heavy atom. The van der Waals surface area contributed by atoms with E-state index in [0.29, 0.717) is 17.4 Å². The lowest BCUT2D eigenvalue weighted by molar-refractivity contribution is -0.384. The molecule has 8 heteroatoms. The summed E-state index contributed by atoms with van der Waals surface area (Å²) in [6.45, 7) is 2.05. The van der Waals surface area contributed by atoms with E-state index >= 15 is 0 Å². The van der Waals surface area contributed by atoms with E-state index in [1.54, 1.807) is 18.2 Å². The molecule has 2 aromatic heterocycles. The predicted octanol–water partition coefficient (Wildman–Crippen LogP) is 2.78. The summed E-state index contributed by atoms with van der Waals surface area (Å²) < 4.78 is 7.20. The van der Waals surface area contributed by atoms with Crippen LogP contribution in [0.25, 0.3) is 5.78 Å². The van der Waals surface area contributed by atoms with Crippen LogP contribution >= 0.6 is 0 Å². The van der Waals surface area contributed by atoms with Gasteiger partial charge in [0.15, 0.2) is 0 Å². The van der Waals surface area contributed by atoms with Crippen molar-refractivity contribution in [1.82, 2.24) is 19.6 Å². The second-order valence-corrected chi connectivity index (χ2v) is 4.66. The van der Waals surface area contributed by atoms with Crippen LogP contribution in [0.3, 0.4) is 0 Å². The number of nitro benzene ring substituents is 1. The quantitative estimate of drug-likeness (QED) is 0.531. The maximum atomic E-state index is 10.8. The average molecular weight is 299 g/mol. The van der Waals surface area contributed by atoms with Gasteiger partial charge >= 0.3 is 0 Å². The van der Waals surface area contributed by atoms with Crippen molar-refractivity contribution in [3.05, 3.63) is 52.5 Å². The van der Waals surface area contributed by atoms with E-state index in [9.17, 15) is 10.1 Å². The molecule has 0 atom stereocenters. The lowest BCUT2D eigenvalue weighted by Gasteiger charge is -2.08. The van der Waals surface area contributed by atoms with Gasteiger partial charge in [-0.2, -0.15) is 14.6 Å². The third-order valence-electron chi connectivity index (χ3n) is 3.03. The molecule has 3 aromatic rings. The highest BCUT2D eigenvalue weighted by Gasteiger charge is 2.12. The van der Waals surface area contributed by atoms with Crippen molar-refractivity contribution >= 4 is 11.5 Å². The number of aryl methyl sites for hydroxylation is 1. The van der Waals surface area contributed by atoms with Crippen LogP contribution in [-0.4, -0.2) is 24.5 Å². The van der Waals surface area contributed by atoms with Gasteiger partial charge < -0.3 is 4.74 Å². The highest BCUT2D eigenvalue weighted by Crippen LogP contribution is 2.25. The van der Waals surface area contributed by atoms with Crippen LogP contribution in [0, 0.1) is 10.1 Å². The maximum Gasteiger partial charge on any atom is 0.273 e. The van der Waals surface area contributed by atoms with Crippen molar-refractivity contribution in [3.63, 3.8) is 0 Å². The van der Waals surface area contributed by atoms with Crippen molar-refractivity contribution < 1.29 is 9.66 Å². The van der Waals surface area contributed by atoms with Crippen molar-refractivity contribution in [1.29, 1.82) is 0 Å². The number of non-ortho nitro benzene ring substituents is 1. The summed E-state index contributed by atoms with van der Waals surface area (Å²) in [7, 11) is 0. The van der Waals surface area contributed by atoms with E-state index in [4.69, 9.17) is 4.74 Å². The van der Waals surface area contributed by atoms with Crippen LogP contribution in [-0.2, 0) is 6.42 Å². The topological polar surface area (TPSA) is 95.5 Å². The van der Waals surface area contributed by atoms with Crippen LogP contribution in [0.1, 0.15) is 19.0 Å². The predicted molar refractivity (Wildman–Crippen MR) is 77.9 cm³/mol. The highest BCUT2D eigenvalue weighted by molar-refractivity contribution is 5.41. The van der Waals surface area contributed by atoms with Gasteiger partial charge in [-0.15, -0.1) is 0 Å². The molecule has 0 saturated heterocycles.